The van der Waals surface area contributed by atoms with E-state index in [4.69, 9.17) is 10.00 Å². The highest BCUT2D eigenvalue weighted by Gasteiger charge is 2.16. The van der Waals surface area contributed by atoms with Crippen molar-refractivity contribution in [3.05, 3.63) is 59.7 Å². The molecule has 7 nitrogen and oxygen atoms in total. The van der Waals surface area contributed by atoms with Crippen molar-refractivity contribution in [2.45, 2.75) is 26.4 Å². The van der Waals surface area contributed by atoms with E-state index in [1.54, 1.807) is 43.5 Å². The molecule has 7 heteroatoms. The molecule has 0 unspecified atom stereocenters. The second-order valence-electron chi connectivity index (χ2n) is 6.54. The number of carbonyl (C=O) groups excluding carboxylic acids is 2. The van der Waals surface area contributed by atoms with Crippen LogP contribution in [0.1, 0.15) is 25.0 Å². The van der Waals surface area contributed by atoms with Gasteiger partial charge < -0.3 is 10.1 Å². The normalized spacial score (nSPS) is 10.4. The van der Waals surface area contributed by atoms with Crippen LogP contribution in [-0.4, -0.2) is 36.5 Å². The van der Waals surface area contributed by atoms with Crippen LogP contribution in [0.4, 0.5) is 10.5 Å². The number of nitrogens with one attached hydrogen (secondary N) is 2. The van der Waals surface area contributed by atoms with Crippen LogP contribution in [-0.2, 0) is 11.3 Å². The highest BCUT2D eigenvalue weighted by molar-refractivity contribution is 6.01. The summed E-state index contributed by atoms with van der Waals surface area (Å²) in [5.74, 6) is 0.283. The number of benzene rings is 2. The van der Waals surface area contributed by atoms with Crippen LogP contribution in [0.25, 0.3) is 0 Å². The number of hydrogen-bond acceptors (Lipinski definition) is 5. The molecule has 0 atom stereocenters. The monoisotopic (exact) mass is 380 g/mol. The number of imide groups is 1. The number of carbonyl (C=O) groups is 2. The van der Waals surface area contributed by atoms with Crippen LogP contribution < -0.4 is 15.4 Å². The van der Waals surface area contributed by atoms with Crippen LogP contribution in [0.15, 0.2) is 48.5 Å². The van der Waals surface area contributed by atoms with E-state index in [1.807, 2.05) is 30.9 Å². The number of hydrogen-bond donors (Lipinski definition) is 2. The van der Waals surface area contributed by atoms with E-state index in [0.717, 1.165) is 5.56 Å². The van der Waals surface area contributed by atoms with Gasteiger partial charge in [0.25, 0.3) is 0 Å². The molecule has 0 radical (unpaired) electrons. The number of ether oxygens (including phenoxy) is 1. The average molecular weight is 380 g/mol. The highest BCUT2D eigenvalue weighted by atomic mass is 16.5. The minimum atomic E-state index is -0.586. The predicted octanol–water partition coefficient (Wildman–Crippen LogP) is 3.13. The Labute approximate surface area is 164 Å². The van der Waals surface area contributed by atoms with Gasteiger partial charge in [0.15, 0.2) is 0 Å². The molecule has 2 aromatic rings. The average Bonchev–Trinajstić information content (AvgIpc) is 2.68. The summed E-state index contributed by atoms with van der Waals surface area (Å²) in [4.78, 5) is 26.2. The van der Waals surface area contributed by atoms with Crippen molar-refractivity contribution < 1.29 is 14.3 Å². The lowest BCUT2D eigenvalue weighted by Gasteiger charge is -2.25. The Hall–Kier alpha value is -3.37. The van der Waals surface area contributed by atoms with E-state index in [1.165, 1.54) is 0 Å². The highest BCUT2D eigenvalue weighted by Crippen LogP contribution is 2.15. The van der Waals surface area contributed by atoms with Gasteiger partial charge in [0.2, 0.25) is 5.91 Å². The van der Waals surface area contributed by atoms with Gasteiger partial charge >= 0.3 is 6.03 Å². The number of anilines is 1. The van der Waals surface area contributed by atoms with Gasteiger partial charge in [0.05, 0.1) is 25.3 Å². The third-order valence-corrected chi connectivity index (χ3v) is 4.15. The summed E-state index contributed by atoms with van der Waals surface area (Å²) < 4.78 is 5.06. The van der Waals surface area contributed by atoms with Crippen molar-refractivity contribution in [1.29, 1.82) is 5.26 Å². The van der Waals surface area contributed by atoms with Crippen molar-refractivity contribution in [3.63, 3.8) is 0 Å². The van der Waals surface area contributed by atoms with Crippen molar-refractivity contribution in [3.8, 4) is 11.8 Å². The van der Waals surface area contributed by atoms with Crippen LogP contribution in [0.5, 0.6) is 5.75 Å². The van der Waals surface area contributed by atoms with Gasteiger partial charge in [-0.05, 0) is 55.8 Å². The molecule has 2 N–H and O–H groups in total. The van der Waals surface area contributed by atoms with Gasteiger partial charge in [-0.2, -0.15) is 5.26 Å². The minimum absolute atomic E-state index is 0.0771. The number of amides is 3. The summed E-state index contributed by atoms with van der Waals surface area (Å²) in [6.07, 6.45) is 0. The number of nitrogens with zero attached hydrogens (tertiary/aromatic N) is 2. The van der Waals surface area contributed by atoms with Crippen LogP contribution >= 0.6 is 0 Å². The summed E-state index contributed by atoms with van der Waals surface area (Å²) in [6, 6.07) is 15.6. The number of urea groups is 1. The molecule has 28 heavy (non-hydrogen) atoms. The topological polar surface area (TPSA) is 94.5 Å². The maximum Gasteiger partial charge on any atom is 0.325 e. The maximum atomic E-state index is 12.3. The van der Waals surface area contributed by atoms with Crippen molar-refractivity contribution >= 4 is 17.6 Å². The molecule has 0 spiro atoms. The Morgan fingerprint density at radius 1 is 1.11 bits per heavy atom. The third kappa shape index (κ3) is 6.41. The molecule has 0 heterocycles. The van der Waals surface area contributed by atoms with Gasteiger partial charge in [-0.15, -0.1) is 0 Å². The minimum Gasteiger partial charge on any atom is -0.497 e. The Kier molecular flexibility index (Phi) is 7.55. The van der Waals surface area contributed by atoms with Crippen LogP contribution in [0.2, 0.25) is 0 Å². The van der Waals surface area contributed by atoms with E-state index < -0.39 is 11.9 Å². The van der Waals surface area contributed by atoms with E-state index in [2.05, 4.69) is 16.7 Å². The first-order chi connectivity index (χ1) is 13.4. The SMILES string of the molecule is COc1ccc(NC(=O)NC(=O)CN(Cc2ccc(C#N)cc2)C(C)C)cc1. The third-order valence-electron chi connectivity index (χ3n) is 4.15. The molecule has 146 valence electrons. The van der Waals surface area contributed by atoms with Crippen LogP contribution in [0, 0.1) is 11.3 Å². The van der Waals surface area contributed by atoms with Gasteiger partial charge in [-0.25, -0.2) is 4.79 Å². The molecule has 3 amide bonds. The molecular formula is C21H24N4O3. The fraction of sp³-hybridized carbons (Fsp3) is 0.286. The molecule has 2 aromatic carbocycles. The standard InChI is InChI=1S/C21H24N4O3/c1-15(2)25(13-17-6-4-16(12-22)5-7-17)14-20(26)24-21(27)23-18-8-10-19(28-3)11-9-18/h4-11,15H,13-14H2,1-3H3,(H2,23,24,26,27). The molecule has 0 aromatic heterocycles. The van der Waals surface area contributed by atoms with E-state index in [0.29, 0.717) is 23.5 Å². The predicted molar refractivity (Wildman–Crippen MR) is 107 cm³/mol. The molecule has 0 aliphatic rings. The van der Waals surface area contributed by atoms with Crippen molar-refractivity contribution in [2.75, 3.05) is 19.0 Å². The largest absolute Gasteiger partial charge is 0.497 e. The molecule has 0 saturated heterocycles. The molecular weight excluding hydrogens is 356 g/mol. The zero-order valence-electron chi connectivity index (χ0n) is 16.2. The van der Waals surface area contributed by atoms with Crippen LogP contribution in [0.3, 0.4) is 0 Å². The van der Waals surface area contributed by atoms with E-state index in [9.17, 15) is 9.59 Å². The smallest absolute Gasteiger partial charge is 0.325 e. The lowest BCUT2D eigenvalue weighted by Crippen LogP contribution is -2.43. The molecule has 0 saturated carbocycles. The first kappa shape index (κ1) is 20.9. The summed E-state index contributed by atoms with van der Waals surface area (Å²) in [5.41, 5.74) is 2.14. The van der Waals surface area contributed by atoms with E-state index in [-0.39, 0.29) is 12.6 Å². The lowest BCUT2D eigenvalue weighted by atomic mass is 10.1. The van der Waals surface area contributed by atoms with Crippen molar-refractivity contribution in [2.24, 2.45) is 0 Å². The Bertz CT molecular complexity index is 839. The summed E-state index contributed by atoms with van der Waals surface area (Å²) >= 11 is 0. The lowest BCUT2D eigenvalue weighted by molar-refractivity contribution is -0.121. The second-order valence-corrected chi connectivity index (χ2v) is 6.54. The first-order valence-electron chi connectivity index (χ1n) is 8.89. The zero-order chi connectivity index (χ0) is 20.5. The molecule has 0 aliphatic heterocycles. The zero-order valence-corrected chi connectivity index (χ0v) is 16.2. The molecule has 2 rings (SSSR count). The first-order valence-corrected chi connectivity index (χ1v) is 8.89. The molecule has 0 fully saturated rings. The quantitative estimate of drug-likeness (QED) is 0.770. The van der Waals surface area contributed by atoms with Gasteiger partial charge in [-0.1, -0.05) is 12.1 Å². The van der Waals surface area contributed by atoms with Crippen molar-refractivity contribution in [1.82, 2.24) is 10.2 Å². The van der Waals surface area contributed by atoms with Gasteiger partial charge in [0.1, 0.15) is 5.75 Å². The number of rotatable bonds is 7. The van der Waals surface area contributed by atoms with E-state index >= 15 is 0 Å². The molecule has 0 aliphatic carbocycles. The molecule has 0 bridgehead atoms. The fourth-order valence-corrected chi connectivity index (χ4v) is 2.53. The second kappa shape index (κ2) is 10.1. The maximum absolute atomic E-state index is 12.3. The summed E-state index contributed by atoms with van der Waals surface area (Å²) in [6.45, 7) is 4.58. The Morgan fingerprint density at radius 3 is 2.29 bits per heavy atom. The summed E-state index contributed by atoms with van der Waals surface area (Å²) in [5, 5.41) is 13.8. The van der Waals surface area contributed by atoms with Gasteiger partial charge in [0, 0.05) is 18.3 Å². The Balaban J connectivity index is 1.89. The van der Waals surface area contributed by atoms with Gasteiger partial charge in [-0.3, -0.25) is 15.0 Å². The fourth-order valence-electron chi connectivity index (χ4n) is 2.53. The number of nitriles is 1. The number of methoxy groups -OCH3 is 1. The summed E-state index contributed by atoms with van der Waals surface area (Å²) in [7, 11) is 1.56. The Morgan fingerprint density at radius 2 is 1.75 bits per heavy atom.